The number of hydrogen-bond acceptors (Lipinski definition) is 2. The number of carbonyl (C=O) groups is 1. The smallest absolute Gasteiger partial charge is 0.315 e. The minimum absolute atomic E-state index is 0.0899. The summed E-state index contributed by atoms with van der Waals surface area (Å²) in [5, 5.41) is 0. The molecule has 0 bridgehead atoms. The van der Waals surface area contributed by atoms with Gasteiger partial charge in [0.1, 0.15) is 0 Å². The highest BCUT2D eigenvalue weighted by atomic mass is 16.5. The molecule has 0 saturated carbocycles. The molecule has 0 heterocycles. The molecule has 2 aliphatic carbocycles. The summed E-state index contributed by atoms with van der Waals surface area (Å²) in [5.74, 6) is 0.381. The van der Waals surface area contributed by atoms with E-state index in [-0.39, 0.29) is 11.4 Å². The fourth-order valence-electron chi connectivity index (χ4n) is 2.24. The summed E-state index contributed by atoms with van der Waals surface area (Å²) >= 11 is 0. The zero-order valence-corrected chi connectivity index (χ0v) is 8.98. The number of rotatable bonds is 3. The predicted molar refractivity (Wildman–Crippen MR) is 59.2 cm³/mol. The number of methoxy groups -OCH3 is 1. The third-order valence-electron chi connectivity index (χ3n) is 3.21. The third-order valence-corrected chi connectivity index (χ3v) is 3.21. The summed E-state index contributed by atoms with van der Waals surface area (Å²) in [7, 11) is 1.47. The van der Waals surface area contributed by atoms with Gasteiger partial charge in [-0.25, -0.2) is 0 Å². The SMILES string of the molecule is COC(=O)[C@@]1(C[C@@H]2C=CC=CC2)C=CC1. The molecule has 2 aliphatic rings. The quantitative estimate of drug-likeness (QED) is 0.522. The number of hydrogen-bond donors (Lipinski definition) is 0. The Morgan fingerprint density at radius 1 is 1.47 bits per heavy atom. The fraction of sp³-hybridized carbons (Fsp3) is 0.462. The summed E-state index contributed by atoms with van der Waals surface area (Å²) < 4.78 is 4.87. The molecule has 0 aromatic carbocycles. The lowest BCUT2D eigenvalue weighted by atomic mass is 9.69. The van der Waals surface area contributed by atoms with Crippen molar-refractivity contribution >= 4 is 5.97 Å². The van der Waals surface area contributed by atoms with Gasteiger partial charge >= 0.3 is 5.97 Å². The van der Waals surface area contributed by atoms with Gasteiger partial charge in [0, 0.05) is 0 Å². The van der Waals surface area contributed by atoms with Crippen LogP contribution in [0.25, 0.3) is 0 Å². The zero-order chi connectivity index (χ0) is 10.7. The van der Waals surface area contributed by atoms with Crippen molar-refractivity contribution in [3.63, 3.8) is 0 Å². The lowest BCUT2D eigenvalue weighted by Gasteiger charge is -2.35. The standard InChI is InChI=1S/C13H16O2/c1-15-12(14)13(8-5-9-13)10-11-6-3-2-4-7-11/h2-6,8,11H,7,9-10H2,1H3/t11-,13+/m1/s1. The highest BCUT2D eigenvalue weighted by molar-refractivity contribution is 5.81. The van der Waals surface area contributed by atoms with Crippen molar-refractivity contribution in [2.45, 2.75) is 19.3 Å². The highest BCUT2D eigenvalue weighted by Gasteiger charge is 2.41. The zero-order valence-electron chi connectivity index (χ0n) is 8.98. The second-order valence-corrected chi connectivity index (χ2v) is 4.27. The maximum absolute atomic E-state index is 11.7. The first kappa shape index (κ1) is 10.2. The van der Waals surface area contributed by atoms with Crippen LogP contribution < -0.4 is 0 Å². The van der Waals surface area contributed by atoms with Crippen LogP contribution in [0.4, 0.5) is 0 Å². The maximum atomic E-state index is 11.7. The van der Waals surface area contributed by atoms with Gasteiger partial charge in [-0.3, -0.25) is 4.79 Å². The Morgan fingerprint density at radius 3 is 2.73 bits per heavy atom. The summed E-state index contributed by atoms with van der Waals surface area (Å²) in [5.41, 5.74) is -0.338. The van der Waals surface area contributed by atoms with Crippen LogP contribution in [0.15, 0.2) is 36.5 Å². The van der Waals surface area contributed by atoms with Gasteiger partial charge in [-0.1, -0.05) is 36.5 Å². The van der Waals surface area contributed by atoms with Crippen LogP contribution in [0.1, 0.15) is 19.3 Å². The highest BCUT2D eigenvalue weighted by Crippen LogP contribution is 2.42. The van der Waals surface area contributed by atoms with E-state index in [1.54, 1.807) is 0 Å². The number of carbonyl (C=O) groups excluding carboxylic acids is 1. The van der Waals surface area contributed by atoms with Gasteiger partial charge in [0.25, 0.3) is 0 Å². The van der Waals surface area contributed by atoms with Crippen LogP contribution >= 0.6 is 0 Å². The molecule has 0 aromatic rings. The van der Waals surface area contributed by atoms with E-state index in [0.717, 1.165) is 19.3 Å². The van der Waals surface area contributed by atoms with Crippen molar-refractivity contribution in [1.82, 2.24) is 0 Å². The fourth-order valence-corrected chi connectivity index (χ4v) is 2.24. The number of ether oxygens (including phenoxy) is 1. The molecule has 80 valence electrons. The van der Waals surface area contributed by atoms with Crippen molar-refractivity contribution in [3.05, 3.63) is 36.5 Å². The van der Waals surface area contributed by atoms with Crippen LogP contribution in [-0.4, -0.2) is 13.1 Å². The van der Waals surface area contributed by atoms with Crippen molar-refractivity contribution in [2.24, 2.45) is 11.3 Å². The van der Waals surface area contributed by atoms with Gasteiger partial charge in [-0.05, 0) is 25.2 Å². The molecule has 0 fully saturated rings. The van der Waals surface area contributed by atoms with Gasteiger partial charge in [0.15, 0.2) is 0 Å². The first-order valence-electron chi connectivity index (χ1n) is 5.36. The average molecular weight is 204 g/mol. The normalized spacial score (nSPS) is 32.5. The topological polar surface area (TPSA) is 26.3 Å². The van der Waals surface area contributed by atoms with Gasteiger partial charge in [-0.15, -0.1) is 0 Å². The average Bonchev–Trinajstić information content (AvgIpc) is 2.24. The summed E-state index contributed by atoms with van der Waals surface area (Å²) in [6, 6.07) is 0. The molecular weight excluding hydrogens is 188 g/mol. The lowest BCUT2D eigenvalue weighted by Crippen LogP contribution is -2.36. The van der Waals surface area contributed by atoms with Crippen LogP contribution in [0.3, 0.4) is 0 Å². The van der Waals surface area contributed by atoms with E-state index in [4.69, 9.17) is 4.74 Å². The van der Waals surface area contributed by atoms with Gasteiger partial charge in [0.2, 0.25) is 0 Å². The Hall–Kier alpha value is -1.31. The van der Waals surface area contributed by atoms with Crippen LogP contribution in [0.5, 0.6) is 0 Å². The molecule has 0 amide bonds. The van der Waals surface area contributed by atoms with E-state index in [9.17, 15) is 4.79 Å². The monoisotopic (exact) mass is 204 g/mol. The van der Waals surface area contributed by atoms with E-state index in [0.29, 0.717) is 5.92 Å². The summed E-state index contributed by atoms with van der Waals surface area (Å²) in [6.45, 7) is 0. The van der Waals surface area contributed by atoms with E-state index in [1.165, 1.54) is 7.11 Å². The minimum Gasteiger partial charge on any atom is -0.468 e. The van der Waals surface area contributed by atoms with Crippen LogP contribution in [-0.2, 0) is 9.53 Å². The Labute approximate surface area is 90.3 Å². The number of esters is 1. The van der Waals surface area contributed by atoms with E-state index in [1.807, 2.05) is 12.2 Å². The molecule has 2 heteroatoms. The summed E-state index contributed by atoms with van der Waals surface area (Å²) in [4.78, 5) is 11.7. The maximum Gasteiger partial charge on any atom is 0.315 e. The first-order valence-corrected chi connectivity index (χ1v) is 5.36. The van der Waals surface area contributed by atoms with Crippen molar-refractivity contribution in [3.8, 4) is 0 Å². The van der Waals surface area contributed by atoms with E-state index in [2.05, 4.69) is 24.3 Å². The molecule has 0 spiro atoms. The molecule has 0 saturated heterocycles. The van der Waals surface area contributed by atoms with Gasteiger partial charge in [0.05, 0.1) is 12.5 Å². The molecular formula is C13H16O2. The predicted octanol–water partition coefficient (Wildman–Crippen LogP) is 2.63. The largest absolute Gasteiger partial charge is 0.468 e. The van der Waals surface area contributed by atoms with Gasteiger partial charge in [-0.2, -0.15) is 0 Å². The second-order valence-electron chi connectivity index (χ2n) is 4.27. The third kappa shape index (κ3) is 1.89. The van der Waals surface area contributed by atoms with E-state index < -0.39 is 0 Å². The number of allylic oxidation sites excluding steroid dienone is 5. The molecule has 0 aromatic heterocycles. The van der Waals surface area contributed by atoms with Gasteiger partial charge < -0.3 is 4.74 Å². The van der Waals surface area contributed by atoms with Crippen LogP contribution in [0, 0.1) is 11.3 Å². The molecule has 2 rings (SSSR count). The lowest BCUT2D eigenvalue weighted by molar-refractivity contribution is -0.151. The Bertz CT molecular complexity index is 338. The molecule has 15 heavy (non-hydrogen) atoms. The Kier molecular flexibility index (Phi) is 2.76. The molecule has 0 unspecified atom stereocenters. The Balaban J connectivity index is 2.02. The molecule has 2 atom stereocenters. The van der Waals surface area contributed by atoms with Crippen molar-refractivity contribution in [2.75, 3.05) is 7.11 Å². The Morgan fingerprint density at radius 2 is 2.27 bits per heavy atom. The molecule has 0 N–H and O–H groups in total. The molecule has 0 aliphatic heterocycles. The van der Waals surface area contributed by atoms with Crippen LogP contribution in [0.2, 0.25) is 0 Å². The second kappa shape index (κ2) is 4.05. The van der Waals surface area contributed by atoms with Crippen molar-refractivity contribution in [1.29, 1.82) is 0 Å². The molecule has 2 nitrogen and oxygen atoms in total. The summed E-state index contributed by atoms with van der Waals surface area (Å²) in [6.07, 6.45) is 15.2. The first-order chi connectivity index (χ1) is 7.27. The minimum atomic E-state index is -0.338. The molecule has 0 radical (unpaired) electrons. The van der Waals surface area contributed by atoms with Crippen molar-refractivity contribution < 1.29 is 9.53 Å². The van der Waals surface area contributed by atoms with E-state index >= 15 is 0 Å².